The number of carbonyl (C=O) groups is 1. The number of hydrogen-bond donors (Lipinski definition) is 3. The van der Waals surface area contributed by atoms with Crippen LogP contribution in [0.25, 0.3) is 0 Å². The van der Waals surface area contributed by atoms with Gasteiger partial charge in [-0.2, -0.15) is 0 Å². The molecule has 4 N–H and O–H groups in total. The largest absolute Gasteiger partial charge is 0.379 e. The number of hydrogen-bond acceptors (Lipinski definition) is 3. The smallest absolute Gasteiger partial charge is 0.315 e. The minimum absolute atomic E-state index is 0.123. The number of nitrogens with two attached hydrogens (primary N) is 1. The molecule has 0 aromatic heterocycles. The average Bonchev–Trinajstić information content (AvgIpc) is 2.90. The summed E-state index contributed by atoms with van der Waals surface area (Å²) in [7, 11) is 0. The summed E-state index contributed by atoms with van der Waals surface area (Å²) in [6, 6.07) is 9.48. The zero-order valence-electron chi connectivity index (χ0n) is 10.3. The third-order valence-electron chi connectivity index (χ3n) is 2.98. The number of carbonyl (C=O) groups excluding carboxylic acids is 1. The fourth-order valence-electron chi connectivity index (χ4n) is 1.91. The molecule has 2 rings (SSSR count). The van der Waals surface area contributed by atoms with Gasteiger partial charge in [-0.15, -0.1) is 0 Å². The molecule has 0 radical (unpaired) electrons. The summed E-state index contributed by atoms with van der Waals surface area (Å²) in [6.07, 6.45) is 0.873. The van der Waals surface area contributed by atoms with Crippen molar-refractivity contribution in [3.05, 3.63) is 35.9 Å². The molecule has 2 amide bonds. The Labute approximate surface area is 107 Å². The third-order valence-corrected chi connectivity index (χ3v) is 2.98. The molecule has 2 atom stereocenters. The van der Waals surface area contributed by atoms with Crippen molar-refractivity contribution >= 4 is 6.03 Å². The van der Waals surface area contributed by atoms with Crippen LogP contribution >= 0.6 is 0 Å². The minimum Gasteiger partial charge on any atom is -0.379 e. The SMILES string of the molecule is NC(CNC(=O)NC1CCOC1)c1ccccc1. The molecule has 0 aliphatic carbocycles. The molecular weight excluding hydrogens is 230 g/mol. The maximum Gasteiger partial charge on any atom is 0.315 e. The zero-order valence-corrected chi connectivity index (χ0v) is 10.3. The van der Waals surface area contributed by atoms with Crippen LogP contribution in [0.5, 0.6) is 0 Å². The van der Waals surface area contributed by atoms with Crippen LogP contribution in [-0.4, -0.2) is 31.8 Å². The summed E-state index contributed by atoms with van der Waals surface area (Å²) in [6.45, 7) is 1.73. The van der Waals surface area contributed by atoms with Crippen LogP contribution in [0, 0.1) is 0 Å². The molecule has 5 nitrogen and oxygen atoms in total. The van der Waals surface area contributed by atoms with Crippen molar-refractivity contribution in [1.82, 2.24) is 10.6 Å². The molecule has 1 saturated heterocycles. The molecule has 0 spiro atoms. The van der Waals surface area contributed by atoms with Crippen LogP contribution in [0.4, 0.5) is 4.79 Å². The van der Waals surface area contributed by atoms with Crippen molar-refractivity contribution in [2.24, 2.45) is 5.73 Å². The van der Waals surface area contributed by atoms with Crippen LogP contribution in [0.15, 0.2) is 30.3 Å². The Hall–Kier alpha value is -1.59. The lowest BCUT2D eigenvalue weighted by molar-refractivity contribution is 0.188. The highest BCUT2D eigenvalue weighted by Crippen LogP contribution is 2.08. The normalized spacial score (nSPS) is 20.4. The standard InChI is InChI=1S/C13H19N3O2/c14-12(10-4-2-1-3-5-10)8-15-13(17)16-11-6-7-18-9-11/h1-5,11-12H,6-9,14H2,(H2,15,16,17). The number of nitrogens with one attached hydrogen (secondary N) is 2. The van der Waals surface area contributed by atoms with E-state index in [4.69, 9.17) is 10.5 Å². The third kappa shape index (κ3) is 3.72. The van der Waals surface area contributed by atoms with E-state index in [0.717, 1.165) is 12.0 Å². The maximum absolute atomic E-state index is 11.6. The number of benzene rings is 1. The molecule has 98 valence electrons. The van der Waals surface area contributed by atoms with Gasteiger partial charge in [0.15, 0.2) is 0 Å². The first-order valence-electron chi connectivity index (χ1n) is 6.18. The number of ether oxygens (including phenoxy) is 1. The predicted octanol–water partition coefficient (Wildman–Crippen LogP) is 0.775. The van der Waals surface area contributed by atoms with Crippen molar-refractivity contribution in [1.29, 1.82) is 0 Å². The van der Waals surface area contributed by atoms with Gasteiger partial charge in [0.2, 0.25) is 0 Å². The molecule has 1 fully saturated rings. The molecule has 1 aromatic carbocycles. The van der Waals surface area contributed by atoms with Crippen molar-refractivity contribution in [3.63, 3.8) is 0 Å². The van der Waals surface area contributed by atoms with Gasteiger partial charge in [0.1, 0.15) is 0 Å². The summed E-state index contributed by atoms with van der Waals surface area (Å²) in [4.78, 5) is 11.6. The van der Waals surface area contributed by atoms with Gasteiger partial charge in [-0.1, -0.05) is 30.3 Å². The molecular formula is C13H19N3O2. The monoisotopic (exact) mass is 249 g/mol. The van der Waals surface area contributed by atoms with Crippen LogP contribution in [-0.2, 0) is 4.74 Å². The molecule has 5 heteroatoms. The van der Waals surface area contributed by atoms with E-state index in [2.05, 4.69) is 10.6 Å². The van der Waals surface area contributed by atoms with Gasteiger partial charge in [0, 0.05) is 19.2 Å². The fourth-order valence-corrected chi connectivity index (χ4v) is 1.91. The first-order valence-corrected chi connectivity index (χ1v) is 6.18. The number of urea groups is 1. The Morgan fingerprint density at radius 2 is 2.22 bits per heavy atom. The number of rotatable bonds is 4. The van der Waals surface area contributed by atoms with Gasteiger partial charge >= 0.3 is 6.03 Å². The van der Waals surface area contributed by atoms with Gasteiger partial charge < -0.3 is 21.1 Å². The summed E-state index contributed by atoms with van der Waals surface area (Å²) >= 11 is 0. The van der Waals surface area contributed by atoms with Crippen molar-refractivity contribution in [2.45, 2.75) is 18.5 Å². The van der Waals surface area contributed by atoms with Crippen LogP contribution in [0.3, 0.4) is 0 Å². The van der Waals surface area contributed by atoms with Crippen LogP contribution in [0.1, 0.15) is 18.0 Å². The van der Waals surface area contributed by atoms with Crippen molar-refractivity contribution in [3.8, 4) is 0 Å². The Balaban J connectivity index is 1.72. The lowest BCUT2D eigenvalue weighted by atomic mass is 10.1. The van der Waals surface area contributed by atoms with Gasteiger partial charge in [-0.25, -0.2) is 4.79 Å². The Kier molecular flexibility index (Phi) is 4.55. The highest BCUT2D eigenvalue weighted by atomic mass is 16.5. The predicted molar refractivity (Wildman–Crippen MR) is 69.1 cm³/mol. The van der Waals surface area contributed by atoms with E-state index in [1.165, 1.54) is 0 Å². The molecule has 0 saturated carbocycles. The van der Waals surface area contributed by atoms with Crippen LogP contribution in [0.2, 0.25) is 0 Å². The lowest BCUT2D eigenvalue weighted by Gasteiger charge is -2.15. The maximum atomic E-state index is 11.6. The van der Waals surface area contributed by atoms with Crippen molar-refractivity contribution in [2.75, 3.05) is 19.8 Å². The number of amides is 2. The second-order valence-electron chi connectivity index (χ2n) is 4.43. The Morgan fingerprint density at radius 3 is 2.89 bits per heavy atom. The average molecular weight is 249 g/mol. The quantitative estimate of drug-likeness (QED) is 0.738. The lowest BCUT2D eigenvalue weighted by Crippen LogP contribution is -2.44. The van der Waals surface area contributed by atoms with Crippen molar-refractivity contribution < 1.29 is 9.53 Å². The van der Waals surface area contributed by atoms with E-state index in [1.807, 2.05) is 30.3 Å². The second-order valence-corrected chi connectivity index (χ2v) is 4.43. The first-order chi connectivity index (χ1) is 8.75. The fraction of sp³-hybridized carbons (Fsp3) is 0.462. The molecule has 18 heavy (non-hydrogen) atoms. The van der Waals surface area contributed by atoms with Gasteiger partial charge in [0.05, 0.1) is 12.6 Å². The van der Waals surface area contributed by atoms with Gasteiger partial charge in [-0.05, 0) is 12.0 Å². The molecule has 1 heterocycles. The zero-order chi connectivity index (χ0) is 12.8. The molecule has 1 aliphatic heterocycles. The van der Waals surface area contributed by atoms with E-state index in [9.17, 15) is 4.79 Å². The Bertz CT molecular complexity index is 377. The van der Waals surface area contributed by atoms with E-state index in [0.29, 0.717) is 19.8 Å². The molecule has 0 bridgehead atoms. The van der Waals surface area contributed by atoms with E-state index < -0.39 is 0 Å². The van der Waals surface area contributed by atoms with Gasteiger partial charge in [0.25, 0.3) is 0 Å². The minimum atomic E-state index is -0.184. The highest BCUT2D eigenvalue weighted by molar-refractivity contribution is 5.74. The summed E-state index contributed by atoms with van der Waals surface area (Å²) in [5, 5.41) is 5.63. The van der Waals surface area contributed by atoms with E-state index in [-0.39, 0.29) is 18.1 Å². The van der Waals surface area contributed by atoms with E-state index in [1.54, 1.807) is 0 Å². The highest BCUT2D eigenvalue weighted by Gasteiger charge is 2.17. The van der Waals surface area contributed by atoms with Gasteiger partial charge in [-0.3, -0.25) is 0 Å². The first kappa shape index (κ1) is 12.9. The second kappa shape index (κ2) is 6.37. The molecule has 2 unspecified atom stereocenters. The topological polar surface area (TPSA) is 76.4 Å². The summed E-state index contributed by atoms with van der Waals surface area (Å²) < 4.78 is 5.19. The summed E-state index contributed by atoms with van der Waals surface area (Å²) in [5.41, 5.74) is 7.00. The van der Waals surface area contributed by atoms with Crippen LogP contribution < -0.4 is 16.4 Å². The molecule has 1 aromatic rings. The Morgan fingerprint density at radius 1 is 1.44 bits per heavy atom. The molecule has 1 aliphatic rings. The summed E-state index contributed by atoms with van der Waals surface area (Å²) in [5.74, 6) is 0. The van der Waals surface area contributed by atoms with E-state index >= 15 is 0 Å².